The lowest BCUT2D eigenvalue weighted by Crippen LogP contribution is -2.39. The highest BCUT2D eigenvalue weighted by atomic mass is 32.2. The fraction of sp³-hybridized carbons (Fsp3) is 0.474. The Morgan fingerprint density at radius 3 is 1.78 bits per heavy atom. The van der Waals surface area contributed by atoms with Crippen molar-refractivity contribution in [3.8, 4) is 11.4 Å². The summed E-state index contributed by atoms with van der Waals surface area (Å²) in [5, 5.41) is 0. The number of nitrogen functional groups attached to an aromatic ring is 1. The maximum atomic E-state index is 5.86. The minimum Gasteiger partial charge on any atom is -0.399 e. The van der Waals surface area contributed by atoms with Crippen molar-refractivity contribution >= 4 is 29.1 Å². The molecule has 2 N–H and O–H groups in total. The summed E-state index contributed by atoms with van der Waals surface area (Å²) < 4.78 is 11.1. The highest BCUT2D eigenvalue weighted by molar-refractivity contribution is 7.99. The summed E-state index contributed by atoms with van der Waals surface area (Å²) in [5.41, 5.74) is 7.57. The van der Waals surface area contributed by atoms with Crippen molar-refractivity contribution in [1.29, 1.82) is 0 Å². The van der Waals surface area contributed by atoms with Gasteiger partial charge in [-0.25, -0.2) is 9.97 Å². The van der Waals surface area contributed by atoms with Gasteiger partial charge in [-0.2, -0.15) is 0 Å². The van der Waals surface area contributed by atoms with Crippen LogP contribution in [0.1, 0.15) is 0 Å². The Kier molecular flexibility index (Phi) is 5.66. The third kappa shape index (κ3) is 3.97. The standard InChI is InChI=1S/C19H25N5O2S/c1-27-16-18(23-6-10-25-11-7-23)21-17(14-2-4-15(20)5-3-14)22-19(16)24-8-12-26-13-9-24/h2-5H,6-13,20H2,1H3. The van der Waals surface area contributed by atoms with Crippen LogP contribution in [0.15, 0.2) is 29.2 Å². The molecule has 2 fully saturated rings. The predicted molar refractivity (Wildman–Crippen MR) is 110 cm³/mol. The number of hydrogen-bond acceptors (Lipinski definition) is 8. The van der Waals surface area contributed by atoms with Crippen LogP contribution in [0.4, 0.5) is 17.3 Å². The first-order valence-corrected chi connectivity index (χ1v) is 10.5. The molecule has 3 heterocycles. The molecule has 144 valence electrons. The Balaban J connectivity index is 1.82. The van der Waals surface area contributed by atoms with Crippen molar-refractivity contribution in [3.05, 3.63) is 24.3 Å². The Hall–Kier alpha value is -2.03. The smallest absolute Gasteiger partial charge is 0.163 e. The molecular weight excluding hydrogens is 362 g/mol. The second-order valence-corrected chi connectivity index (χ2v) is 7.37. The number of rotatable bonds is 4. The Labute approximate surface area is 163 Å². The first-order chi connectivity index (χ1) is 13.3. The minimum atomic E-state index is 0.724. The van der Waals surface area contributed by atoms with E-state index >= 15 is 0 Å². The number of nitrogens with zero attached hydrogens (tertiary/aromatic N) is 4. The monoisotopic (exact) mass is 387 g/mol. The molecule has 0 radical (unpaired) electrons. The van der Waals surface area contributed by atoms with Crippen LogP contribution in [0.3, 0.4) is 0 Å². The van der Waals surface area contributed by atoms with Crippen molar-refractivity contribution in [2.45, 2.75) is 4.90 Å². The molecule has 27 heavy (non-hydrogen) atoms. The zero-order chi connectivity index (χ0) is 18.6. The average molecular weight is 388 g/mol. The highest BCUT2D eigenvalue weighted by Crippen LogP contribution is 2.37. The largest absolute Gasteiger partial charge is 0.399 e. The summed E-state index contributed by atoms with van der Waals surface area (Å²) in [6, 6.07) is 7.75. The van der Waals surface area contributed by atoms with Gasteiger partial charge in [-0.3, -0.25) is 0 Å². The van der Waals surface area contributed by atoms with Gasteiger partial charge in [0.2, 0.25) is 0 Å². The van der Waals surface area contributed by atoms with Gasteiger partial charge < -0.3 is 25.0 Å². The van der Waals surface area contributed by atoms with E-state index in [1.807, 2.05) is 24.3 Å². The van der Waals surface area contributed by atoms with E-state index in [0.29, 0.717) is 0 Å². The molecule has 2 saturated heterocycles. The van der Waals surface area contributed by atoms with Gasteiger partial charge in [0.25, 0.3) is 0 Å². The molecular formula is C19H25N5O2S. The average Bonchev–Trinajstić information content (AvgIpc) is 2.74. The van der Waals surface area contributed by atoms with Gasteiger partial charge in [-0.15, -0.1) is 11.8 Å². The number of hydrogen-bond donors (Lipinski definition) is 1. The van der Waals surface area contributed by atoms with Crippen LogP contribution in [0.25, 0.3) is 11.4 Å². The van der Waals surface area contributed by atoms with Gasteiger partial charge in [0.15, 0.2) is 5.82 Å². The lowest BCUT2D eigenvalue weighted by molar-refractivity contribution is 0.121. The molecule has 0 amide bonds. The molecule has 2 aromatic rings. The molecule has 0 bridgehead atoms. The van der Waals surface area contributed by atoms with Crippen molar-refractivity contribution < 1.29 is 9.47 Å². The van der Waals surface area contributed by atoms with Gasteiger partial charge >= 0.3 is 0 Å². The molecule has 0 saturated carbocycles. The summed E-state index contributed by atoms with van der Waals surface area (Å²) >= 11 is 1.71. The van der Waals surface area contributed by atoms with E-state index in [0.717, 1.165) is 86.2 Å². The molecule has 0 aliphatic carbocycles. The fourth-order valence-electron chi connectivity index (χ4n) is 3.35. The van der Waals surface area contributed by atoms with Gasteiger partial charge in [0.05, 0.1) is 31.3 Å². The Morgan fingerprint density at radius 2 is 1.33 bits per heavy atom. The number of nitrogens with two attached hydrogens (primary N) is 1. The van der Waals surface area contributed by atoms with Crippen LogP contribution in [0.2, 0.25) is 0 Å². The minimum absolute atomic E-state index is 0.724. The van der Waals surface area contributed by atoms with Crippen molar-refractivity contribution in [2.75, 3.05) is 74.4 Å². The van der Waals surface area contributed by atoms with Crippen LogP contribution in [-0.2, 0) is 9.47 Å². The summed E-state index contributed by atoms with van der Waals surface area (Å²) in [6.07, 6.45) is 2.09. The first-order valence-electron chi connectivity index (χ1n) is 9.23. The number of thioether (sulfide) groups is 1. The Bertz CT molecular complexity index is 735. The van der Waals surface area contributed by atoms with E-state index < -0.39 is 0 Å². The maximum Gasteiger partial charge on any atom is 0.163 e. The van der Waals surface area contributed by atoms with Crippen molar-refractivity contribution in [1.82, 2.24) is 9.97 Å². The predicted octanol–water partition coefficient (Wildman–Crippen LogP) is 2.12. The molecule has 0 atom stereocenters. The summed E-state index contributed by atoms with van der Waals surface area (Å²) in [4.78, 5) is 15.7. The highest BCUT2D eigenvalue weighted by Gasteiger charge is 2.25. The molecule has 7 nitrogen and oxygen atoms in total. The Morgan fingerprint density at radius 1 is 0.852 bits per heavy atom. The van der Waals surface area contributed by atoms with Gasteiger partial charge in [-0.05, 0) is 30.5 Å². The number of morpholine rings is 2. The first kappa shape index (κ1) is 18.3. The van der Waals surface area contributed by atoms with Gasteiger partial charge in [-0.1, -0.05) is 0 Å². The molecule has 2 aliphatic rings. The number of ether oxygens (including phenoxy) is 2. The van der Waals surface area contributed by atoms with E-state index in [1.165, 1.54) is 0 Å². The second kappa shape index (κ2) is 8.33. The van der Waals surface area contributed by atoms with Crippen molar-refractivity contribution in [2.24, 2.45) is 0 Å². The van der Waals surface area contributed by atoms with E-state index in [4.69, 9.17) is 25.2 Å². The number of benzene rings is 1. The lowest BCUT2D eigenvalue weighted by Gasteiger charge is -2.33. The van der Waals surface area contributed by atoms with Crippen LogP contribution in [0, 0.1) is 0 Å². The van der Waals surface area contributed by atoms with Crippen molar-refractivity contribution in [3.63, 3.8) is 0 Å². The van der Waals surface area contributed by atoms with Crippen LogP contribution < -0.4 is 15.5 Å². The van der Waals surface area contributed by atoms with E-state index in [1.54, 1.807) is 11.8 Å². The molecule has 2 aliphatic heterocycles. The SMILES string of the molecule is CSc1c(N2CCOCC2)nc(-c2ccc(N)cc2)nc1N1CCOCC1. The second-order valence-electron chi connectivity index (χ2n) is 6.55. The third-order valence-electron chi connectivity index (χ3n) is 4.82. The van der Waals surface area contributed by atoms with Crippen LogP contribution in [-0.4, -0.2) is 68.8 Å². The zero-order valence-electron chi connectivity index (χ0n) is 15.6. The normalized spacial score (nSPS) is 18.0. The quantitative estimate of drug-likeness (QED) is 0.632. The van der Waals surface area contributed by atoms with Gasteiger partial charge in [0, 0.05) is 37.4 Å². The van der Waals surface area contributed by atoms with E-state index in [2.05, 4.69) is 16.1 Å². The molecule has 0 unspecified atom stereocenters. The van der Waals surface area contributed by atoms with E-state index in [9.17, 15) is 0 Å². The topological polar surface area (TPSA) is 76.7 Å². The summed E-state index contributed by atoms with van der Waals surface area (Å²) in [7, 11) is 0. The number of anilines is 3. The summed E-state index contributed by atoms with van der Waals surface area (Å²) in [6.45, 7) is 6.26. The molecule has 8 heteroatoms. The molecule has 0 spiro atoms. The molecule has 4 rings (SSSR count). The van der Waals surface area contributed by atoms with Gasteiger partial charge in [0.1, 0.15) is 11.6 Å². The third-order valence-corrected chi connectivity index (χ3v) is 5.60. The fourth-order valence-corrected chi connectivity index (χ4v) is 4.06. The lowest BCUT2D eigenvalue weighted by atomic mass is 10.2. The summed E-state index contributed by atoms with van der Waals surface area (Å²) in [5.74, 6) is 2.72. The van der Waals surface area contributed by atoms with Crippen LogP contribution >= 0.6 is 11.8 Å². The molecule has 1 aromatic heterocycles. The van der Waals surface area contributed by atoms with Crippen LogP contribution in [0.5, 0.6) is 0 Å². The van der Waals surface area contributed by atoms with E-state index in [-0.39, 0.29) is 0 Å². The molecule has 1 aromatic carbocycles. The maximum absolute atomic E-state index is 5.86. The zero-order valence-corrected chi connectivity index (χ0v) is 16.4. The number of aromatic nitrogens is 2.